The summed E-state index contributed by atoms with van der Waals surface area (Å²) in [5.41, 5.74) is 5.56. The van der Waals surface area contributed by atoms with Crippen LogP contribution in [-0.2, 0) is 9.47 Å². The van der Waals surface area contributed by atoms with Gasteiger partial charge in [0.15, 0.2) is 0 Å². The highest BCUT2D eigenvalue weighted by molar-refractivity contribution is 7.80. The first kappa shape index (κ1) is 12.2. The lowest BCUT2D eigenvalue weighted by molar-refractivity contribution is 0.0113. The van der Waals surface area contributed by atoms with Gasteiger partial charge in [-0.3, -0.25) is 0 Å². The molecule has 0 aromatic heterocycles. The lowest BCUT2D eigenvalue weighted by atomic mass is 9.87. The van der Waals surface area contributed by atoms with E-state index in [9.17, 15) is 4.79 Å². The third-order valence-corrected chi connectivity index (χ3v) is 2.93. The minimum atomic E-state index is -0.573. The third kappa shape index (κ3) is 4.03. The monoisotopic (exact) mass is 231 g/mol. The van der Waals surface area contributed by atoms with E-state index in [1.165, 1.54) is 0 Å². The van der Waals surface area contributed by atoms with E-state index in [0.717, 1.165) is 25.7 Å². The summed E-state index contributed by atoms with van der Waals surface area (Å²) in [7, 11) is 0. The number of nitrogens with two attached hydrogens (primary N) is 1. The summed E-state index contributed by atoms with van der Waals surface area (Å²) in [5, 5.41) is 0. The molecule has 1 saturated carbocycles. The number of hydrogen-bond donors (Lipinski definition) is 1. The summed E-state index contributed by atoms with van der Waals surface area (Å²) in [6.07, 6.45) is 2.84. The summed E-state index contributed by atoms with van der Waals surface area (Å²) >= 11 is 4.93. The van der Waals surface area contributed by atoms with Crippen molar-refractivity contribution in [1.29, 1.82) is 0 Å². The van der Waals surface area contributed by atoms with Crippen LogP contribution in [0.5, 0.6) is 0 Å². The molecule has 0 heterocycles. The average molecular weight is 231 g/mol. The van der Waals surface area contributed by atoms with Crippen molar-refractivity contribution in [1.82, 2.24) is 0 Å². The normalized spacial score (nSPS) is 25.7. The molecule has 0 amide bonds. The van der Waals surface area contributed by atoms with Crippen LogP contribution in [0.15, 0.2) is 0 Å². The standard InChI is InChI=1S/C10H17NO3S/c1-2-13-10(12)14-8-5-3-7(4-6-8)9(11)15/h7-8H,2-6H2,1H3,(H2,11,15)/t7-,8-. The molecular weight excluding hydrogens is 214 g/mol. The van der Waals surface area contributed by atoms with Crippen LogP contribution in [0.4, 0.5) is 4.79 Å². The summed E-state index contributed by atoms with van der Waals surface area (Å²) < 4.78 is 9.82. The van der Waals surface area contributed by atoms with Gasteiger partial charge < -0.3 is 15.2 Å². The quantitative estimate of drug-likeness (QED) is 0.594. The molecule has 15 heavy (non-hydrogen) atoms. The van der Waals surface area contributed by atoms with Gasteiger partial charge in [-0.1, -0.05) is 12.2 Å². The van der Waals surface area contributed by atoms with Gasteiger partial charge in [-0.05, 0) is 32.6 Å². The van der Waals surface area contributed by atoms with Gasteiger partial charge in [0.05, 0.1) is 11.6 Å². The Morgan fingerprint density at radius 2 is 2.00 bits per heavy atom. The fraction of sp³-hybridized carbons (Fsp3) is 0.800. The number of carbonyl (C=O) groups is 1. The molecule has 0 aliphatic heterocycles. The van der Waals surface area contributed by atoms with E-state index in [-0.39, 0.29) is 6.10 Å². The molecular formula is C10H17NO3S. The maximum Gasteiger partial charge on any atom is 0.508 e. The first-order chi connectivity index (χ1) is 7.13. The Kier molecular flexibility index (Phi) is 4.81. The highest BCUT2D eigenvalue weighted by atomic mass is 32.1. The molecule has 1 fully saturated rings. The van der Waals surface area contributed by atoms with E-state index in [0.29, 0.717) is 17.5 Å². The van der Waals surface area contributed by atoms with Crippen LogP contribution in [0, 0.1) is 5.92 Å². The SMILES string of the molecule is CCOC(=O)O[C@H]1CC[C@H](C(N)=S)CC1. The van der Waals surface area contributed by atoms with E-state index in [1.807, 2.05) is 0 Å². The van der Waals surface area contributed by atoms with Gasteiger partial charge in [-0.2, -0.15) is 0 Å². The van der Waals surface area contributed by atoms with E-state index < -0.39 is 6.16 Å². The molecule has 0 saturated heterocycles. The second-order valence-corrected chi connectivity index (χ2v) is 4.15. The van der Waals surface area contributed by atoms with Gasteiger partial charge >= 0.3 is 6.16 Å². The van der Waals surface area contributed by atoms with Crippen molar-refractivity contribution in [3.8, 4) is 0 Å². The molecule has 0 unspecified atom stereocenters. The Morgan fingerprint density at radius 3 is 2.47 bits per heavy atom. The lowest BCUT2D eigenvalue weighted by Crippen LogP contribution is -2.30. The van der Waals surface area contributed by atoms with Gasteiger partial charge in [-0.25, -0.2) is 4.79 Å². The Hall–Kier alpha value is -0.840. The number of carbonyl (C=O) groups excluding carboxylic acids is 1. The van der Waals surface area contributed by atoms with Gasteiger partial charge in [-0.15, -0.1) is 0 Å². The zero-order valence-electron chi connectivity index (χ0n) is 8.90. The second kappa shape index (κ2) is 5.90. The van der Waals surface area contributed by atoms with Gasteiger partial charge in [0, 0.05) is 5.92 Å². The first-order valence-corrected chi connectivity index (χ1v) is 5.67. The summed E-state index contributed by atoms with van der Waals surface area (Å²) in [4.78, 5) is 11.6. The minimum Gasteiger partial charge on any atom is -0.435 e. The molecule has 4 nitrogen and oxygen atoms in total. The average Bonchev–Trinajstić information content (AvgIpc) is 2.18. The maximum atomic E-state index is 11.0. The largest absolute Gasteiger partial charge is 0.508 e. The molecule has 5 heteroatoms. The predicted octanol–water partition coefficient (Wildman–Crippen LogP) is 2.00. The van der Waals surface area contributed by atoms with E-state index in [2.05, 4.69) is 0 Å². The number of thiocarbonyl (C=S) groups is 1. The Morgan fingerprint density at radius 1 is 1.40 bits per heavy atom. The molecule has 86 valence electrons. The van der Waals surface area contributed by atoms with Crippen LogP contribution in [0.3, 0.4) is 0 Å². The minimum absolute atomic E-state index is 0.0327. The van der Waals surface area contributed by atoms with Crippen molar-refractivity contribution in [3.63, 3.8) is 0 Å². The van der Waals surface area contributed by atoms with Crippen molar-refractivity contribution in [2.45, 2.75) is 38.7 Å². The zero-order chi connectivity index (χ0) is 11.3. The molecule has 0 atom stereocenters. The smallest absolute Gasteiger partial charge is 0.435 e. The molecule has 0 aromatic rings. The fourth-order valence-electron chi connectivity index (χ4n) is 1.75. The highest BCUT2D eigenvalue weighted by Gasteiger charge is 2.25. The Bertz CT molecular complexity index is 237. The molecule has 1 rings (SSSR count). The van der Waals surface area contributed by atoms with E-state index in [4.69, 9.17) is 27.4 Å². The molecule has 0 bridgehead atoms. The van der Waals surface area contributed by atoms with Crippen LogP contribution in [-0.4, -0.2) is 23.9 Å². The predicted molar refractivity (Wildman–Crippen MR) is 60.6 cm³/mol. The van der Waals surface area contributed by atoms with E-state index in [1.54, 1.807) is 6.92 Å². The zero-order valence-corrected chi connectivity index (χ0v) is 9.72. The summed E-state index contributed by atoms with van der Waals surface area (Å²) in [6.45, 7) is 2.10. The Balaban J connectivity index is 2.25. The Labute approximate surface area is 95.1 Å². The van der Waals surface area contributed by atoms with Gasteiger partial charge in [0.25, 0.3) is 0 Å². The van der Waals surface area contributed by atoms with Crippen LogP contribution < -0.4 is 5.73 Å². The number of hydrogen-bond acceptors (Lipinski definition) is 4. The van der Waals surface area contributed by atoms with Crippen LogP contribution in [0.2, 0.25) is 0 Å². The fourth-order valence-corrected chi connectivity index (χ4v) is 1.99. The van der Waals surface area contributed by atoms with Crippen LogP contribution >= 0.6 is 12.2 Å². The number of ether oxygens (including phenoxy) is 2. The first-order valence-electron chi connectivity index (χ1n) is 5.26. The van der Waals surface area contributed by atoms with E-state index >= 15 is 0 Å². The summed E-state index contributed by atoms with van der Waals surface area (Å²) in [5.74, 6) is 0.307. The van der Waals surface area contributed by atoms with Crippen molar-refractivity contribution < 1.29 is 14.3 Å². The lowest BCUT2D eigenvalue weighted by Gasteiger charge is -2.27. The summed E-state index contributed by atoms with van der Waals surface area (Å²) in [6, 6.07) is 0. The van der Waals surface area contributed by atoms with Crippen molar-refractivity contribution >= 4 is 23.4 Å². The van der Waals surface area contributed by atoms with Crippen molar-refractivity contribution in [2.75, 3.05) is 6.61 Å². The van der Waals surface area contributed by atoms with Crippen LogP contribution in [0.25, 0.3) is 0 Å². The topological polar surface area (TPSA) is 61.5 Å². The third-order valence-electron chi connectivity index (χ3n) is 2.60. The van der Waals surface area contributed by atoms with Gasteiger partial charge in [0.1, 0.15) is 6.10 Å². The molecule has 2 N–H and O–H groups in total. The molecule has 1 aliphatic carbocycles. The van der Waals surface area contributed by atoms with Crippen LogP contribution in [0.1, 0.15) is 32.6 Å². The van der Waals surface area contributed by atoms with Crippen molar-refractivity contribution in [2.24, 2.45) is 11.7 Å². The highest BCUT2D eigenvalue weighted by Crippen LogP contribution is 2.26. The molecule has 0 spiro atoms. The molecule has 1 aliphatic rings. The van der Waals surface area contributed by atoms with Crippen molar-refractivity contribution in [3.05, 3.63) is 0 Å². The molecule has 0 radical (unpaired) electrons. The maximum absolute atomic E-state index is 11.0. The molecule has 0 aromatic carbocycles. The number of rotatable bonds is 3. The van der Waals surface area contributed by atoms with Gasteiger partial charge in [0.2, 0.25) is 0 Å². The second-order valence-electron chi connectivity index (χ2n) is 3.68.